The van der Waals surface area contributed by atoms with Gasteiger partial charge in [-0.2, -0.15) is 18.3 Å². The average Bonchev–Trinajstić information content (AvgIpc) is 2.99. The Hall–Kier alpha value is -2.57. The number of carbonyl (C=O) groups is 1. The summed E-state index contributed by atoms with van der Waals surface area (Å²) in [7, 11) is 1.66. The average molecular weight is 337 g/mol. The van der Waals surface area contributed by atoms with Crippen molar-refractivity contribution in [3.05, 3.63) is 59.4 Å². The Labute approximate surface area is 138 Å². The van der Waals surface area contributed by atoms with Gasteiger partial charge in [-0.25, -0.2) is 0 Å². The molecular weight excluding hydrogens is 319 g/mol. The summed E-state index contributed by atoms with van der Waals surface area (Å²) in [6, 6.07) is 4.65. The van der Waals surface area contributed by atoms with Crippen LogP contribution in [0.1, 0.15) is 23.6 Å². The SMILES string of the molecule is CCn1cc(CN(C)C(=O)/C=C/c2ccc(C(F)(F)F)cc2)cn1. The van der Waals surface area contributed by atoms with Crippen LogP contribution in [0.5, 0.6) is 0 Å². The lowest BCUT2D eigenvalue weighted by atomic mass is 10.1. The van der Waals surface area contributed by atoms with Gasteiger partial charge in [-0.3, -0.25) is 9.48 Å². The number of hydrogen-bond donors (Lipinski definition) is 0. The standard InChI is InChI=1S/C17H18F3N3O/c1-3-23-12-14(10-21-23)11-22(2)16(24)9-6-13-4-7-15(8-5-13)17(18,19)20/h4-10,12H,3,11H2,1-2H3/b9-6+. The molecule has 0 saturated heterocycles. The van der Waals surface area contributed by atoms with Crippen molar-refractivity contribution in [1.29, 1.82) is 0 Å². The molecule has 0 atom stereocenters. The molecule has 7 heteroatoms. The highest BCUT2D eigenvalue weighted by atomic mass is 19.4. The first-order valence-corrected chi connectivity index (χ1v) is 7.41. The lowest BCUT2D eigenvalue weighted by Gasteiger charge is -2.13. The van der Waals surface area contributed by atoms with Crippen molar-refractivity contribution < 1.29 is 18.0 Å². The third kappa shape index (κ3) is 4.71. The number of halogens is 3. The predicted molar refractivity (Wildman–Crippen MR) is 84.9 cm³/mol. The number of hydrogen-bond acceptors (Lipinski definition) is 2. The third-order valence-electron chi connectivity index (χ3n) is 3.46. The van der Waals surface area contributed by atoms with Crippen molar-refractivity contribution >= 4 is 12.0 Å². The molecule has 1 heterocycles. The second kappa shape index (κ2) is 7.33. The molecule has 0 N–H and O–H groups in total. The number of aryl methyl sites for hydroxylation is 1. The fourth-order valence-corrected chi connectivity index (χ4v) is 2.09. The highest BCUT2D eigenvalue weighted by molar-refractivity contribution is 5.91. The van der Waals surface area contributed by atoms with Gasteiger partial charge >= 0.3 is 6.18 Å². The number of rotatable bonds is 5. The molecule has 0 aliphatic rings. The molecule has 0 saturated carbocycles. The van der Waals surface area contributed by atoms with Crippen LogP contribution in [-0.2, 0) is 24.1 Å². The van der Waals surface area contributed by atoms with Crippen molar-refractivity contribution in [2.24, 2.45) is 0 Å². The van der Waals surface area contributed by atoms with Gasteiger partial charge in [0.2, 0.25) is 5.91 Å². The topological polar surface area (TPSA) is 38.1 Å². The van der Waals surface area contributed by atoms with Gasteiger partial charge in [-0.15, -0.1) is 0 Å². The summed E-state index contributed by atoms with van der Waals surface area (Å²) in [6.45, 7) is 3.14. The highest BCUT2D eigenvalue weighted by Gasteiger charge is 2.29. The Morgan fingerprint density at radius 1 is 1.29 bits per heavy atom. The second-order valence-corrected chi connectivity index (χ2v) is 5.35. The highest BCUT2D eigenvalue weighted by Crippen LogP contribution is 2.29. The van der Waals surface area contributed by atoms with Crippen molar-refractivity contribution in [2.75, 3.05) is 7.05 Å². The zero-order valence-corrected chi connectivity index (χ0v) is 13.4. The van der Waals surface area contributed by atoms with Crippen molar-refractivity contribution in [2.45, 2.75) is 26.2 Å². The Morgan fingerprint density at radius 3 is 2.50 bits per heavy atom. The number of benzene rings is 1. The fourth-order valence-electron chi connectivity index (χ4n) is 2.09. The maximum atomic E-state index is 12.5. The van der Waals surface area contributed by atoms with Gasteiger partial charge in [0.1, 0.15) is 0 Å². The summed E-state index contributed by atoms with van der Waals surface area (Å²) in [6.07, 6.45) is 2.04. The monoisotopic (exact) mass is 337 g/mol. The van der Waals surface area contributed by atoms with E-state index in [0.717, 1.165) is 24.2 Å². The van der Waals surface area contributed by atoms with Crippen molar-refractivity contribution in [3.63, 3.8) is 0 Å². The Kier molecular flexibility index (Phi) is 5.43. The summed E-state index contributed by atoms with van der Waals surface area (Å²) in [5.41, 5.74) is 0.732. The molecule has 0 spiro atoms. The minimum atomic E-state index is -4.36. The molecule has 24 heavy (non-hydrogen) atoms. The quantitative estimate of drug-likeness (QED) is 0.782. The molecule has 0 bridgehead atoms. The zero-order valence-electron chi connectivity index (χ0n) is 13.4. The summed E-state index contributed by atoms with van der Waals surface area (Å²) >= 11 is 0. The van der Waals surface area contributed by atoms with Gasteiger partial charge in [0.15, 0.2) is 0 Å². The molecule has 1 amide bonds. The number of alkyl halides is 3. The van der Waals surface area contributed by atoms with Gasteiger partial charge in [0.05, 0.1) is 11.8 Å². The van der Waals surface area contributed by atoms with E-state index in [4.69, 9.17) is 0 Å². The lowest BCUT2D eigenvalue weighted by molar-refractivity contribution is -0.137. The maximum absolute atomic E-state index is 12.5. The van der Waals surface area contributed by atoms with Gasteiger partial charge in [-0.05, 0) is 30.7 Å². The van der Waals surface area contributed by atoms with E-state index in [0.29, 0.717) is 12.1 Å². The van der Waals surface area contributed by atoms with E-state index >= 15 is 0 Å². The molecule has 2 rings (SSSR count). The first kappa shape index (κ1) is 17.8. The van der Waals surface area contributed by atoms with Crippen molar-refractivity contribution in [1.82, 2.24) is 14.7 Å². The lowest BCUT2D eigenvalue weighted by Crippen LogP contribution is -2.23. The summed E-state index contributed by atoms with van der Waals surface area (Å²) in [5, 5.41) is 4.14. The fraction of sp³-hybridized carbons (Fsp3) is 0.294. The number of amides is 1. The molecule has 0 radical (unpaired) electrons. The molecule has 0 aliphatic carbocycles. The molecule has 2 aromatic rings. The molecule has 1 aromatic carbocycles. The van der Waals surface area contributed by atoms with Gasteiger partial charge in [-0.1, -0.05) is 12.1 Å². The van der Waals surface area contributed by atoms with Crippen LogP contribution in [0.4, 0.5) is 13.2 Å². The van der Waals surface area contributed by atoms with E-state index in [1.807, 2.05) is 13.1 Å². The van der Waals surface area contributed by atoms with E-state index < -0.39 is 11.7 Å². The largest absolute Gasteiger partial charge is 0.416 e. The molecule has 0 aliphatic heterocycles. The van der Waals surface area contributed by atoms with E-state index in [1.54, 1.807) is 17.9 Å². The van der Waals surface area contributed by atoms with Crippen LogP contribution < -0.4 is 0 Å². The Bertz CT molecular complexity index is 717. The maximum Gasteiger partial charge on any atom is 0.416 e. The van der Waals surface area contributed by atoms with E-state index in [-0.39, 0.29) is 5.91 Å². The van der Waals surface area contributed by atoms with Gasteiger partial charge in [0.25, 0.3) is 0 Å². The van der Waals surface area contributed by atoms with Crippen LogP contribution in [0.15, 0.2) is 42.7 Å². The van der Waals surface area contributed by atoms with E-state index in [1.165, 1.54) is 29.2 Å². The first-order valence-electron chi connectivity index (χ1n) is 7.41. The second-order valence-electron chi connectivity index (χ2n) is 5.35. The van der Waals surface area contributed by atoms with E-state index in [2.05, 4.69) is 5.10 Å². The van der Waals surface area contributed by atoms with Gasteiger partial charge in [0, 0.05) is 38.0 Å². The Morgan fingerprint density at radius 2 is 1.96 bits per heavy atom. The molecular formula is C17H18F3N3O. The van der Waals surface area contributed by atoms with Gasteiger partial charge < -0.3 is 4.90 Å². The van der Waals surface area contributed by atoms with Crippen LogP contribution in [0.2, 0.25) is 0 Å². The molecule has 0 fully saturated rings. The smallest absolute Gasteiger partial charge is 0.338 e. The van der Waals surface area contributed by atoms with Crippen LogP contribution in [0.25, 0.3) is 6.08 Å². The minimum Gasteiger partial charge on any atom is -0.338 e. The van der Waals surface area contributed by atoms with Crippen LogP contribution in [0, 0.1) is 0 Å². The third-order valence-corrected chi connectivity index (χ3v) is 3.46. The molecule has 1 aromatic heterocycles. The summed E-state index contributed by atoms with van der Waals surface area (Å²) in [5.74, 6) is -0.237. The minimum absolute atomic E-state index is 0.237. The molecule has 128 valence electrons. The number of likely N-dealkylation sites (N-methyl/N-ethyl adjacent to an activating group) is 1. The van der Waals surface area contributed by atoms with Crippen molar-refractivity contribution in [3.8, 4) is 0 Å². The van der Waals surface area contributed by atoms with Crippen LogP contribution in [0.3, 0.4) is 0 Å². The molecule has 0 unspecified atom stereocenters. The predicted octanol–water partition coefficient (Wildman–Crippen LogP) is 3.59. The number of nitrogens with zero attached hydrogens (tertiary/aromatic N) is 3. The summed E-state index contributed by atoms with van der Waals surface area (Å²) < 4.78 is 39.2. The Balaban J connectivity index is 1.96. The number of aromatic nitrogens is 2. The normalized spacial score (nSPS) is 11.9. The number of carbonyl (C=O) groups excluding carboxylic acids is 1. The summed E-state index contributed by atoms with van der Waals surface area (Å²) in [4.78, 5) is 13.6. The first-order chi connectivity index (χ1) is 11.3. The molecule has 4 nitrogen and oxygen atoms in total. The zero-order chi connectivity index (χ0) is 17.7. The van der Waals surface area contributed by atoms with E-state index in [9.17, 15) is 18.0 Å². The van der Waals surface area contributed by atoms with Crippen LogP contribution >= 0.6 is 0 Å². The van der Waals surface area contributed by atoms with Crippen LogP contribution in [-0.4, -0.2) is 27.6 Å².